The van der Waals surface area contributed by atoms with Gasteiger partial charge < -0.3 is 15.4 Å². The van der Waals surface area contributed by atoms with E-state index in [0.29, 0.717) is 40.9 Å². The van der Waals surface area contributed by atoms with Crippen LogP contribution in [0, 0.1) is 22.7 Å². The highest BCUT2D eigenvalue weighted by atomic mass is 35.5. The molecule has 0 amide bonds. The number of carbonyl (C=O) groups is 1. The molecule has 2 aromatic carbocycles. The Hall–Kier alpha value is -3.45. The second kappa shape index (κ2) is 9.19. The second-order valence-electron chi connectivity index (χ2n) is 7.91. The van der Waals surface area contributed by atoms with Gasteiger partial charge in [0.05, 0.1) is 39.2 Å². The molecule has 4 rings (SSSR count). The minimum Gasteiger partial charge on any atom is -0.486 e. The van der Waals surface area contributed by atoms with Crippen LogP contribution in [0.1, 0.15) is 41.9 Å². The van der Waals surface area contributed by atoms with E-state index >= 15 is 0 Å². The van der Waals surface area contributed by atoms with Crippen molar-refractivity contribution in [1.29, 1.82) is 10.5 Å². The molecule has 166 valence electrons. The maximum absolute atomic E-state index is 12.9. The van der Waals surface area contributed by atoms with Crippen LogP contribution in [0.5, 0.6) is 5.75 Å². The van der Waals surface area contributed by atoms with Crippen molar-refractivity contribution in [2.24, 2.45) is 5.73 Å². The number of hydrogen-bond donors (Lipinski definition) is 1. The highest BCUT2D eigenvalue weighted by Crippen LogP contribution is 2.46. The average molecular weight is 479 g/mol. The van der Waals surface area contributed by atoms with Crippen molar-refractivity contribution in [3.8, 4) is 17.9 Å². The second-order valence-corrected chi connectivity index (χ2v) is 8.73. The summed E-state index contributed by atoms with van der Waals surface area (Å²) in [6.07, 6.45) is 1.86. The molecule has 33 heavy (non-hydrogen) atoms. The van der Waals surface area contributed by atoms with Crippen molar-refractivity contribution < 1.29 is 9.53 Å². The Balaban J connectivity index is 1.74. The van der Waals surface area contributed by atoms with Gasteiger partial charge in [0.25, 0.3) is 0 Å². The molecular formula is C25H20Cl2N4O2. The van der Waals surface area contributed by atoms with E-state index in [-0.39, 0.29) is 33.8 Å². The summed E-state index contributed by atoms with van der Waals surface area (Å²) in [6.45, 7) is 0.112. The minimum absolute atomic E-state index is 0.00553. The Bertz CT molecular complexity index is 1280. The largest absolute Gasteiger partial charge is 0.486 e. The van der Waals surface area contributed by atoms with Crippen LogP contribution in [0.4, 0.5) is 0 Å². The molecule has 0 saturated carbocycles. The maximum Gasteiger partial charge on any atom is 0.161 e. The molecule has 0 bridgehead atoms. The van der Waals surface area contributed by atoms with Crippen LogP contribution in [-0.2, 0) is 11.4 Å². The first-order valence-corrected chi connectivity index (χ1v) is 11.1. The number of nitrogens with two attached hydrogens (primary N) is 1. The Morgan fingerprint density at radius 3 is 2.52 bits per heavy atom. The van der Waals surface area contributed by atoms with E-state index in [4.69, 9.17) is 33.7 Å². The molecule has 1 atom stereocenters. The van der Waals surface area contributed by atoms with Gasteiger partial charge in [-0.3, -0.25) is 4.79 Å². The summed E-state index contributed by atoms with van der Waals surface area (Å²) in [5.74, 6) is -0.0644. The van der Waals surface area contributed by atoms with Crippen LogP contribution in [-0.4, -0.2) is 17.7 Å². The maximum atomic E-state index is 12.9. The summed E-state index contributed by atoms with van der Waals surface area (Å²) in [5, 5.41) is 19.6. The lowest BCUT2D eigenvalue weighted by atomic mass is 9.76. The molecule has 0 unspecified atom stereocenters. The zero-order valence-electron chi connectivity index (χ0n) is 17.9. The van der Waals surface area contributed by atoms with Crippen LogP contribution in [0.3, 0.4) is 0 Å². The third kappa shape index (κ3) is 4.04. The molecule has 2 N–H and O–H groups in total. The summed E-state index contributed by atoms with van der Waals surface area (Å²) in [4.78, 5) is 14.6. The first-order chi connectivity index (χ1) is 15.9. The van der Waals surface area contributed by atoms with Gasteiger partial charge in [-0.25, -0.2) is 0 Å². The van der Waals surface area contributed by atoms with E-state index < -0.39 is 5.92 Å². The number of benzene rings is 2. The lowest BCUT2D eigenvalue weighted by molar-refractivity contribution is -0.116. The summed E-state index contributed by atoms with van der Waals surface area (Å²) in [5.41, 5.74) is 9.77. The van der Waals surface area contributed by atoms with Gasteiger partial charge in [0.1, 0.15) is 12.4 Å². The number of ether oxygens (including phenoxy) is 1. The molecule has 0 aromatic heterocycles. The normalized spacial score (nSPS) is 18.0. The van der Waals surface area contributed by atoms with Crippen molar-refractivity contribution in [1.82, 2.24) is 4.90 Å². The highest BCUT2D eigenvalue weighted by molar-refractivity contribution is 6.37. The fraction of sp³-hybridized carbons (Fsp3) is 0.240. The Morgan fingerprint density at radius 2 is 1.85 bits per heavy atom. The predicted molar refractivity (Wildman–Crippen MR) is 125 cm³/mol. The van der Waals surface area contributed by atoms with E-state index in [0.717, 1.165) is 12.1 Å². The first kappa shape index (κ1) is 22.7. The van der Waals surface area contributed by atoms with E-state index in [9.17, 15) is 15.3 Å². The van der Waals surface area contributed by atoms with Crippen molar-refractivity contribution in [2.75, 3.05) is 7.05 Å². The van der Waals surface area contributed by atoms with Gasteiger partial charge in [-0.15, -0.1) is 0 Å². The first-order valence-electron chi connectivity index (χ1n) is 10.4. The van der Waals surface area contributed by atoms with Gasteiger partial charge in [-0.05, 0) is 36.6 Å². The van der Waals surface area contributed by atoms with Gasteiger partial charge in [0, 0.05) is 30.3 Å². The molecule has 1 aliphatic carbocycles. The van der Waals surface area contributed by atoms with E-state index in [1.165, 1.54) is 0 Å². The summed E-state index contributed by atoms with van der Waals surface area (Å²) in [6, 6.07) is 14.7. The number of halogens is 2. The Kier molecular flexibility index (Phi) is 6.33. The van der Waals surface area contributed by atoms with E-state index in [1.807, 2.05) is 6.07 Å². The monoisotopic (exact) mass is 478 g/mol. The van der Waals surface area contributed by atoms with Crippen LogP contribution in [0.2, 0.25) is 10.0 Å². The molecule has 0 radical (unpaired) electrons. The van der Waals surface area contributed by atoms with Crippen LogP contribution < -0.4 is 10.5 Å². The van der Waals surface area contributed by atoms with Crippen molar-refractivity contribution in [3.63, 3.8) is 0 Å². The molecule has 8 heteroatoms. The number of hydrogen-bond acceptors (Lipinski definition) is 6. The molecule has 1 heterocycles. The number of ketones is 1. The fourth-order valence-corrected chi connectivity index (χ4v) is 5.00. The van der Waals surface area contributed by atoms with E-state index in [2.05, 4.69) is 12.1 Å². The number of Topliss-reactive ketones (excluding diaryl/α,β-unsaturated/α-hetero) is 1. The third-order valence-electron chi connectivity index (χ3n) is 6.03. The predicted octanol–water partition coefficient (Wildman–Crippen LogP) is 5.17. The van der Waals surface area contributed by atoms with Crippen molar-refractivity contribution in [2.45, 2.75) is 31.8 Å². The van der Waals surface area contributed by atoms with E-state index in [1.54, 1.807) is 42.3 Å². The fourth-order valence-electron chi connectivity index (χ4n) is 4.39. The SMILES string of the molecule is CN1C(N)=C(C#N)[C@@H](c2cc(Cl)c(OCc3ccccc3C#N)c(Cl)c2)C2=C1CCCC2=O. The number of rotatable bonds is 4. The molecule has 0 saturated heterocycles. The number of carbonyl (C=O) groups excluding carboxylic acids is 1. The van der Waals surface area contributed by atoms with Crippen LogP contribution >= 0.6 is 23.2 Å². The van der Waals surface area contributed by atoms with Gasteiger partial charge in [-0.2, -0.15) is 10.5 Å². The Labute approximate surface area is 202 Å². The lowest BCUT2D eigenvalue weighted by Crippen LogP contribution is -2.36. The third-order valence-corrected chi connectivity index (χ3v) is 6.59. The average Bonchev–Trinajstić information content (AvgIpc) is 2.81. The molecule has 0 spiro atoms. The standard InChI is InChI=1S/C25H20Cl2N4O2/c1-31-20-7-4-8-21(32)23(20)22(17(12-29)25(31)30)16-9-18(26)24(19(27)10-16)33-13-15-6-3-2-5-14(15)11-28/h2-3,5-6,9-10,22H,4,7-8,13,30H2,1H3/t22-/m1/s1. The molecule has 0 fully saturated rings. The zero-order chi connectivity index (χ0) is 23.7. The van der Waals surface area contributed by atoms with Crippen LogP contribution in [0.25, 0.3) is 0 Å². The quantitative estimate of drug-likeness (QED) is 0.649. The Morgan fingerprint density at radius 1 is 1.15 bits per heavy atom. The minimum atomic E-state index is -0.641. The number of nitrogens with zero attached hydrogens (tertiary/aromatic N) is 3. The molecule has 1 aliphatic heterocycles. The van der Waals surface area contributed by atoms with Gasteiger partial charge >= 0.3 is 0 Å². The van der Waals surface area contributed by atoms with Gasteiger partial charge in [-0.1, -0.05) is 41.4 Å². The van der Waals surface area contributed by atoms with Gasteiger partial charge in [0.15, 0.2) is 11.5 Å². The zero-order valence-corrected chi connectivity index (χ0v) is 19.4. The number of nitriles is 2. The van der Waals surface area contributed by atoms with Gasteiger partial charge in [0.2, 0.25) is 0 Å². The lowest BCUT2D eigenvalue weighted by Gasteiger charge is -2.37. The summed E-state index contributed by atoms with van der Waals surface area (Å²) in [7, 11) is 1.77. The topological polar surface area (TPSA) is 103 Å². The summed E-state index contributed by atoms with van der Waals surface area (Å²) < 4.78 is 5.85. The molecular weight excluding hydrogens is 459 g/mol. The molecule has 2 aromatic rings. The molecule has 6 nitrogen and oxygen atoms in total. The van der Waals surface area contributed by atoms with Crippen molar-refractivity contribution >= 4 is 29.0 Å². The molecule has 2 aliphatic rings. The van der Waals surface area contributed by atoms with Crippen molar-refractivity contribution in [3.05, 3.63) is 85.8 Å². The van der Waals surface area contributed by atoms with Crippen LogP contribution in [0.15, 0.2) is 59.1 Å². The smallest absolute Gasteiger partial charge is 0.161 e. The summed E-state index contributed by atoms with van der Waals surface area (Å²) >= 11 is 13.1. The highest BCUT2D eigenvalue weighted by Gasteiger charge is 2.39. The number of allylic oxidation sites excluding steroid dienone is 3.